The summed E-state index contributed by atoms with van der Waals surface area (Å²) in [6.07, 6.45) is 3.24. The quantitative estimate of drug-likeness (QED) is 0.817. The van der Waals surface area contributed by atoms with Crippen LogP contribution in [0.1, 0.15) is 37.1 Å². The lowest BCUT2D eigenvalue weighted by atomic mass is 10.1. The number of hydrogen-bond acceptors (Lipinski definition) is 4. The largest absolute Gasteiger partial charge is 0.508 e. The Morgan fingerprint density at radius 1 is 0.727 bits per heavy atom. The van der Waals surface area contributed by atoms with Gasteiger partial charge in [-0.1, -0.05) is 36.4 Å². The number of para-hydroxylation sites is 2. The number of aromatic hydroxyl groups is 2. The molecule has 0 aromatic heterocycles. The number of phenolic OH excluding ortho intramolecular Hbond substituents is 2. The molecular formula is C18H20N2O2. The van der Waals surface area contributed by atoms with Crippen LogP contribution in [0.4, 0.5) is 0 Å². The molecule has 0 aliphatic heterocycles. The zero-order valence-electron chi connectivity index (χ0n) is 12.7. The van der Waals surface area contributed by atoms with Crippen LogP contribution >= 0.6 is 0 Å². The van der Waals surface area contributed by atoms with Gasteiger partial charge in [-0.2, -0.15) is 0 Å². The second-order valence-corrected chi connectivity index (χ2v) is 5.07. The smallest absolute Gasteiger partial charge is 0.120 e. The van der Waals surface area contributed by atoms with Crippen molar-refractivity contribution in [2.75, 3.05) is 0 Å². The van der Waals surface area contributed by atoms with E-state index in [1.807, 2.05) is 38.1 Å². The van der Waals surface area contributed by atoms with Crippen LogP contribution in [-0.2, 0) is 0 Å². The normalized spacial score (nSPS) is 14.5. The Morgan fingerprint density at radius 3 is 1.45 bits per heavy atom. The van der Waals surface area contributed by atoms with Crippen molar-refractivity contribution < 1.29 is 10.2 Å². The number of nitrogens with zero attached hydrogens (tertiary/aromatic N) is 2. The molecule has 0 saturated heterocycles. The molecular weight excluding hydrogens is 276 g/mol. The second-order valence-electron chi connectivity index (χ2n) is 5.07. The fraction of sp³-hybridized carbons (Fsp3) is 0.222. The van der Waals surface area contributed by atoms with Crippen molar-refractivity contribution in [1.29, 1.82) is 0 Å². The maximum absolute atomic E-state index is 9.77. The van der Waals surface area contributed by atoms with Gasteiger partial charge in [0, 0.05) is 23.6 Å². The summed E-state index contributed by atoms with van der Waals surface area (Å²) in [5, 5.41) is 19.5. The van der Waals surface area contributed by atoms with Crippen molar-refractivity contribution in [2.24, 2.45) is 9.98 Å². The predicted octanol–water partition coefficient (Wildman–Crippen LogP) is 4.06. The molecule has 2 rings (SSSR count). The summed E-state index contributed by atoms with van der Waals surface area (Å²) in [5.74, 6) is 0.485. The molecule has 0 heterocycles. The Morgan fingerprint density at radius 2 is 1.09 bits per heavy atom. The number of benzene rings is 2. The highest BCUT2D eigenvalue weighted by atomic mass is 16.3. The first kappa shape index (κ1) is 15.8. The zero-order valence-corrected chi connectivity index (χ0v) is 12.7. The van der Waals surface area contributed by atoms with Crippen molar-refractivity contribution in [3.05, 3.63) is 59.7 Å². The topological polar surface area (TPSA) is 65.2 Å². The van der Waals surface area contributed by atoms with Gasteiger partial charge >= 0.3 is 0 Å². The van der Waals surface area contributed by atoms with E-state index in [2.05, 4.69) is 9.98 Å². The SMILES string of the molecule is CC(N=CC=NC(C)c1ccccc1O)c1ccccc1O. The van der Waals surface area contributed by atoms with Gasteiger partial charge in [-0.3, -0.25) is 9.98 Å². The van der Waals surface area contributed by atoms with Crippen LogP contribution in [0, 0.1) is 0 Å². The molecule has 4 heteroatoms. The molecule has 22 heavy (non-hydrogen) atoms. The number of hydrogen-bond donors (Lipinski definition) is 2. The average Bonchev–Trinajstić information content (AvgIpc) is 2.52. The van der Waals surface area contributed by atoms with Crippen LogP contribution in [-0.4, -0.2) is 22.6 Å². The van der Waals surface area contributed by atoms with Crippen LogP contribution in [0.3, 0.4) is 0 Å². The fourth-order valence-corrected chi connectivity index (χ4v) is 2.18. The highest BCUT2D eigenvalue weighted by molar-refractivity contribution is 6.16. The Bertz CT molecular complexity index is 621. The molecule has 0 fully saturated rings. The molecule has 2 aromatic carbocycles. The Kier molecular flexibility index (Phi) is 5.31. The molecule has 0 aliphatic rings. The summed E-state index contributed by atoms with van der Waals surface area (Å²) in [6.45, 7) is 3.82. The van der Waals surface area contributed by atoms with Crippen LogP contribution in [0.2, 0.25) is 0 Å². The molecule has 2 atom stereocenters. The third kappa shape index (κ3) is 3.95. The van der Waals surface area contributed by atoms with Crippen LogP contribution in [0.5, 0.6) is 11.5 Å². The van der Waals surface area contributed by atoms with E-state index in [1.54, 1.807) is 36.7 Å². The molecule has 2 aromatic rings. The molecule has 0 saturated carbocycles. The zero-order chi connectivity index (χ0) is 15.9. The monoisotopic (exact) mass is 296 g/mol. The highest BCUT2D eigenvalue weighted by Gasteiger charge is 2.07. The van der Waals surface area contributed by atoms with E-state index < -0.39 is 0 Å². The number of rotatable bonds is 5. The van der Waals surface area contributed by atoms with E-state index in [0.29, 0.717) is 0 Å². The highest BCUT2D eigenvalue weighted by Crippen LogP contribution is 2.26. The molecule has 0 amide bonds. The lowest BCUT2D eigenvalue weighted by molar-refractivity contribution is 0.463. The van der Waals surface area contributed by atoms with Gasteiger partial charge in [0.1, 0.15) is 11.5 Å². The predicted molar refractivity (Wildman–Crippen MR) is 90.0 cm³/mol. The van der Waals surface area contributed by atoms with E-state index in [4.69, 9.17) is 0 Å². The summed E-state index contributed by atoms with van der Waals surface area (Å²) in [5.41, 5.74) is 1.56. The van der Waals surface area contributed by atoms with Crippen LogP contribution < -0.4 is 0 Å². The van der Waals surface area contributed by atoms with Gasteiger partial charge in [-0.05, 0) is 26.0 Å². The number of phenols is 2. The lowest BCUT2D eigenvalue weighted by Gasteiger charge is -2.08. The Balaban J connectivity index is 2.00. The van der Waals surface area contributed by atoms with Crippen molar-refractivity contribution in [2.45, 2.75) is 25.9 Å². The van der Waals surface area contributed by atoms with Crippen molar-refractivity contribution in [1.82, 2.24) is 0 Å². The van der Waals surface area contributed by atoms with Gasteiger partial charge in [0.25, 0.3) is 0 Å². The Hall–Kier alpha value is -2.62. The van der Waals surface area contributed by atoms with Crippen LogP contribution in [0.25, 0.3) is 0 Å². The van der Waals surface area contributed by atoms with Gasteiger partial charge in [0.15, 0.2) is 0 Å². The van der Waals surface area contributed by atoms with E-state index in [1.165, 1.54) is 0 Å². The third-order valence-corrected chi connectivity index (χ3v) is 3.46. The molecule has 0 bridgehead atoms. The van der Waals surface area contributed by atoms with Gasteiger partial charge in [-0.25, -0.2) is 0 Å². The lowest BCUT2D eigenvalue weighted by Crippen LogP contribution is -1.93. The van der Waals surface area contributed by atoms with E-state index in [-0.39, 0.29) is 23.6 Å². The summed E-state index contributed by atoms with van der Waals surface area (Å²) >= 11 is 0. The first-order valence-corrected chi connectivity index (χ1v) is 7.20. The minimum absolute atomic E-state index is 0.145. The van der Waals surface area contributed by atoms with Gasteiger partial charge < -0.3 is 10.2 Å². The maximum atomic E-state index is 9.77. The second kappa shape index (κ2) is 7.41. The first-order valence-electron chi connectivity index (χ1n) is 7.20. The van der Waals surface area contributed by atoms with Crippen molar-refractivity contribution >= 4 is 12.4 Å². The summed E-state index contributed by atoms with van der Waals surface area (Å²) in [4.78, 5) is 8.69. The first-order chi connectivity index (χ1) is 10.6. The van der Waals surface area contributed by atoms with E-state index in [0.717, 1.165) is 11.1 Å². The van der Waals surface area contributed by atoms with Gasteiger partial charge in [0.2, 0.25) is 0 Å². The summed E-state index contributed by atoms with van der Waals surface area (Å²) in [6, 6.07) is 14.0. The molecule has 2 N–H and O–H groups in total. The third-order valence-electron chi connectivity index (χ3n) is 3.46. The van der Waals surface area contributed by atoms with Crippen molar-refractivity contribution in [3.63, 3.8) is 0 Å². The summed E-state index contributed by atoms with van der Waals surface area (Å²) < 4.78 is 0. The Labute approximate surface area is 130 Å². The molecule has 0 radical (unpaired) electrons. The minimum Gasteiger partial charge on any atom is -0.508 e. The minimum atomic E-state index is -0.145. The van der Waals surface area contributed by atoms with E-state index >= 15 is 0 Å². The van der Waals surface area contributed by atoms with Gasteiger partial charge in [-0.15, -0.1) is 0 Å². The van der Waals surface area contributed by atoms with E-state index in [9.17, 15) is 10.2 Å². The maximum Gasteiger partial charge on any atom is 0.120 e. The molecule has 0 aliphatic carbocycles. The molecule has 2 unspecified atom stereocenters. The standard InChI is InChI=1S/C18H20N2O2/c1-13(15-7-3-5-9-17(15)21)19-11-12-20-14(2)16-8-4-6-10-18(16)22/h3-14,21-22H,1-2H3. The molecule has 0 spiro atoms. The number of aliphatic imine (C=N–C) groups is 2. The summed E-state index contributed by atoms with van der Waals surface area (Å²) in [7, 11) is 0. The van der Waals surface area contributed by atoms with Crippen molar-refractivity contribution in [3.8, 4) is 11.5 Å². The van der Waals surface area contributed by atoms with Crippen LogP contribution in [0.15, 0.2) is 58.5 Å². The molecule has 114 valence electrons. The fourth-order valence-electron chi connectivity index (χ4n) is 2.18. The molecule has 4 nitrogen and oxygen atoms in total. The average molecular weight is 296 g/mol. The van der Waals surface area contributed by atoms with Gasteiger partial charge in [0.05, 0.1) is 12.1 Å².